The van der Waals surface area contributed by atoms with Gasteiger partial charge in [-0.15, -0.1) is 11.3 Å². The molecule has 0 saturated carbocycles. The minimum absolute atomic E-state index is 0.00721. The van der Waals surface area contributed by atoms with Crippen molar-refractivity contribution in [3.05, 3.63) is 46.9 Å². The van der Waals surface area contributed by atoms with Crippen LogP contribution in [0.2, 0.25) is 10.0 Å². The van der Waals surface area contributed by atoms with Crippen LogP contribution in [-0.4, -0.2) is 17.0 Å². The molecule has 21 heavy (non-hydrogen) atoms. The second-order valence-electron chi connectivity index (χ2n) is 3.81. The highest BCUT2D eigenvalue weighted by Crippen LogP contribution is 2.34. The minimum atomic E-state index is -1.24. The fourth-order valence-corrected chi connectivity index (χ4v) is 4.88. The van der Waals surface area contributed by atoms with Crippen LogP contribution in [0.15, 0.2) is 25.8 Å². The van der Waals surface area contributed by atoms with Gasteiger partial charge in [0.05, 0.1) is 29.4 Å². The summed E-state index contributed by atoms with van der Waals surface area (Å²) in [6, 6.07) is 4.21. The Morgan fingerprint density at radius 3 is 2.33 bits per heavy atom. The first-order valence-electron chi connectivity index (χ1n) is 5.28. The molecular weight excluding hydrogens is 469 g/mol. The zero-order valence-electron chi connectivity index (χ0n) is 9.92. The van der Waals surface area contributed by atoms with Gasteiger partial charge in [-0.05, 0) is 50.1 Å². The maximum Gasteiger partial charge on any atom is 0.337 e. The van der Waals surface area contributed by atoms with Crippen LogP contribution in [0, 0.1) is 0 Å². The van der Waals surface area contributed by atoms with Crippen molar-refractivity contribution in [2.45, 2.75) is 0 Å². The quantitative estimate of drug-likeness (QED) is 0.616. The molecule has 0 aliphatic rings. The van der Waals surface area contributed by atoms with Crippen molar-refractivity contribution in [2.75, 3.05) is 5.32 Å². The summed E-state index contributed by atoms with van der Waals surface area (Å²) < 4.78 is 1.38. The Hall–Kier alpha value is -0.600. The maximum atomic E-state index is 12.2. The van der Waals surface area contributed by atoms with Gasteiger partial charge < -0.3 is 10.4 Å². The average Bonchev–Trinajstić information content (AvgIpc) is 2.71. The van der Waals surface area contributed by atoms with Crippen molar-refractivity contribution in [3.63, 3.8) is 0 Å². The third-order valence-electron chi connectivity index (χ3n) is 2.43. The Kier molecular flexibility index (Phi) is 5.32. The Labute approximate surface area is 150 Å². The largest absolute Gasteiger partial charge is 0.478 e. The molecule has 1 heterocycles. The number of hydrogen-bond acceptors (Lipinski definition) is 3. The number of rotatable bonds is 3. The Balaban J connectivity index is 2.42. The predicted octanol–water partition coefficient (Wildman–Crippen LogP) is 5.53. The molecule has 0 aliphatic heterocycles. The number of carboxylic acid groups (broad SMARTS) is 1. The van der Waals surface area contributed by atoms with Gasteiger partial charge in [0.25, 0.3) is 5.91 Å². The van der Waals surface area contributed by atoms with E-state index in [1.165, 1.54) is 23.5 Å². The lowest BCUT2D eigenvalue weighted by atomic mass is 10.1. The van der Waals surface area contributed by atoms with E-state index in [1.807, 2.05) is 0 Å². The first-order chi connectivity index (χ1) is 9.79. The van der Waals surface area contributed by atoms with E-state index in [2.05, 4.69) is 37.2 Å². The molecule has 1 aromatic heterocycles. The first kappa shape index (κ1) is 16.8. The summed E-state index contributed by atoms with van der Waals surface area (Å²) in [6.45, 7) is 0. The van der Waals surface area contributed by atoms with Gasteiger partial charge in [-0.3, -0.25) is 4.79 Å². The highest BCUT2D eigenvalue weighted by molar-refractivity contribution is 9.12. The van der Waals surface area contributed by atoms with Crippen molar-refractivity contribution >= 4 is 84.0 Å². The summed E-state index contributed by atoms with van der Waals surface area (Å²) >= 11 is 19.6. The number of amides is 1. The third kappa shape index (κ3) is 3.78. The smallest absolute Gasteiger partial charge is 0.337 e. The van der Waals surface area contributed by atoms with Gasteiger partial charge in [0.15, 0.2) is 0 Å². The van der Waals surface area contributed by atoms with Gasteiger partial charge in [0, 0.05) is 5.02 Å². The molecule has 0 fully saturated rings. The molecular formula is C12H5Br2Cl2NO3S. The summed E-state index contributed by atoms with van der Waals surface area (Å²) in [5, 5.41) is 11.9. The second-order valence-corrected chi connectivity index (χ2v) is 8.40. The number of anilines is 1. The minimum Gasteiger partial charge on any atom is -0.478 e. The Morgan fingerprint density at radius 2 is 1.81 bits per heavy atom. The number of benzene rings is 1. The van der Waals surface area contributed by atoms with Crippen molar-refractivity contribution < 1.29 is 14.7 Å². The van der Waals surface area contributed by atoms with Gasteiger partial charge in [-0.25, -0.2) is 4.79 Å². The highest BCUT2D eigenvalue weighted by atomic mass is 79.9. The zero-order chi connectivity index (χ0) is 15.7. The number of carbonyl (C=O) groups is 2. The molecule has 0 atom stereocenters. The van der Waals surface area contributed by atoms with Crippen molar-refractivity contribution in [1.29, 1.82) is 0 Å². The summed E-state index contributed by atoms with van der Waals surface area (Å²) in [6.07, 6.45) is 0. The van der Waals surface area contributed by atoms with E-state index in [0.717, 1.165) is 3.79 Å². The van der Waals surface area contributed by atoms with Crippen LogP contribution in [0.5, 0.6) is 0 Å². The summed E-state index contributed by atoms with van der Waals surface area (Å²) in [7, 11) is 0. The molecule has 1 amide bonds. The molecule has 1 aromatic carbocycles. The summed E-state index contributed by atoms with van der Waals surface area (Å²) in [4.78, 5) is 23.5. The van der Waals surface area contributed by atoms with Gasteiger partial charge in [-0.1, -0.05) is 23.2 Å². The molecule has 0 spiro atoms. The molecule has 0 aliphatic carbocycles. The fraction of sp³-hybridized carbons (Fsp3) is 0. The van der Waals surface area contributed by atoms with Crippen LogP contribution >= 0.6 is 66.4 Å². The molecule has 0 unspecified atom stereocenters. The van der Waals surface area contributed by atoms with Crippen LogP contribution in [-0.2, 0) is 0 Å². The molecule has 2 N–H and O–H groups in total. The van der Waals surface area contributed by atoms with Crippen molar-refractivity contribution in [1.82, 2.24) is 0 Å². The van der Waals surface area contributed by atoms with E-state index < -0.39 is 11.9 Å². The fourth-order valence-electron chi connectivity index (χ4n) is 1.55. The number of halogens is 4. The average molecular weight is 474 g/mol. The summed E-state index contributed by atoms with van der Waals surface area (Å²) in [5.74, 6) is -1.71. The second kappa shape index (κ2) is 6.66. The number of carbonyl (C=O) groups excluding carboxylic acids is 1. The molecule has 0 radical (unpaired) electrons. The third-order valence-corrected chi connectivity index (χ3v) is 5.28. The van der Waals surface area contributed by atoms with Gasteiger partial charge >= 0.3 is 5.97 Å². The number of carboxylic acids is 1. The van der Waals surface area contributed by atoms with Crippen LogP contribution < -0.4 is 5.32 Å². The lowest BCUT2D eigenvalue weighted by molar-refractivity contribution is 0.0698. The van der Waals surface area contributed by atoms with E-state index in [-0.39, 0.29) is 21.3 Å². The standard InChI is InChI=1S/C12H5Br2Cl2NO3S/c13-8-3-6(10(14)21-8)11(18)17-9-5(12(19)20)1-4(15)2-7(9)16/h1-3H,(H,17,18)(H,19,20). The molecule has 110 valence electrons. The maximum absolute atomic E-state index is 12.2. The lowest BCUT2D eigenvalue weighted by Crippen LogP contribution is -2.15. The van der Waals surface area contributed by atoms with E-state index in [0.29, 0.717) is 9.35 Å². The first-order valence-corrected chi connectivity index (χ1v) is 8.44. The van der Waals surface area contributed by atoms with Crippen molar-refractivity contribution in [2.24, 2.45) is 0 Å². The molecule has 0 bridgehead atoms. The number of hydrogen-bond donors (Lipinski definition) is 2. The van der Waals surface area contributed by atoms with Crippen LogP contribution in [0.4, 0.5) is 5.69 Å². The molecule has 9 heteroatoms. The van der Waals surface area contributed by atoms with Crippen LogP contribution in [0.25, 0.3) is 0 Å². The van der Waals surface area contributed by atoms with Gasteiger partial charge in [0.1, 0.15) is 0 Å². The van der Waals surface area contributed by atoms with Crippen LogP contribution in [0.3, 0.4) is 0 Å². The molecule has 4 nitrogen and oxygen atoms in total. The Bertz CT molecular complexity index is 748. The topological polar surface area (TPSA) is 66.4 Å². The number of aromatic carboxylic acids is 1. The Morgan fingerprint density at radius 1 is 1.14 bits per heavy atom. The lowest BCUT2D eigenvalue weighted by Gasteiger charge is -2.10. The van der Waals surface area contributed by atoms with Gasteiger partial charge in [-0.2, -0.15) is 0 Å². The van der Waals surface area contributed by atoms with Crippen molar-refractivity contribution in [3.8, 4) is 0 Å². The van der Waals surface area contributed by atoms with Gasteiger partial charge in [0.2, 0.25) is 0 Å². The van der Waals surface area contributed by atoms with E-state index >= 15 is 0 Å². The zero-order valence-corrected chi connectivity index (χ0v) is 15.4. The van der Waals surface area contributed by atoms with E-state index in [9.17, 15) is 14.7 Å². The molecule has 2 aromatic rings. The number of nitrogens with one attached hydrogen (secondary N) is 1. The van der Waals surface area contributed by atoms with E-state index in [1.54, 1.807) is 6.07 Å². The highest BCUT2D eigenvalue weighted by Gasteiger charge is 2.20. The monoisotopic (exact) mass is 471 g/mol. The molecule has 2 rings (SSSR count). The van der Waals surface area contributed by atoms with E-state index in [4.69, 9.17) is 23.2 Å². The SMILES string of the molecule is O=C(Nc1c(Cl)cc(Cl)cc1C(=O)O)c1cc(Br)sc1Br. The number of thiophene rings is 1. The summed E-state index contributed by atoms with van der Waals surface area (Å²) in [5.41, 5.74) is 0.202. The molecule has 0 saturated heterocycles. The normalized spacial score (nSPS) is 10.5. The predicted molar refractivity (Wildman–Crippen MR) is 91.1 cm³/mol. The van der Waals surface area contributed by atoms with Crippen LogP contribution in [0.1, 0.15) is 20.7 Å².